The van der Waals surface area contributed by atoms with Gasteiger partial charge in [-0.2, -0.15) is 12.6 Å². The van der Waals surface area contributed by atoms with Gasteiger partial charge in [0.15, 0.2) is 0 Å². The Labute approximate surface area is 81.2 Å². The summed E-state index contributed by atoms with van der Waals surface area (Å²) in [4.78, 5) is 4.35. The topological polar surface area (TPSA) is 12.4 Å². The van der Waals surface area contributed by atoms with Gasteiger partial charge in [-0.25, -0.2) is 0 Å². The van der Waals surface area contributed by atoms with Crippen molar-refractivity contribution in [1.29, 1.82) is 0 Å². The molecule has 10 heavy (non-hydrogen) atoms. The molecule has 0 bridgehead atoms. The Morgan fingerprint density at radius 3 is 2.70 bits per heavy atom. The molecular weight excluding hydrogens is 257 g/mol. The molecule has 0 heterocycles. The van der Waals surface area contributed by atoms with E-state index in [2.05, 4.69) is 40.2 Å². The lowest BCUT2D eigenvalue weighted by atomic mass is 9.95. The van der Waals surface area contributed by atoms with Crippen molar-refractivity contribution in [2.24, 2.45) is 4.99 Å². The SMILES string of the molecule is SC1CCCCC1/N=C\I. The second-order valence-corrected chi connectivity index (χ2v) is 3.89. The molecule has 1 aliphatic carbocycles. The number of hydrogen-bond donors (Lipinski definition) is 1. The van der Waals surface area contributed by atoms with Crippen molar-refractivity contribution in [1.82, 2.24) is 0 Å². The molecular formula is C7H12INS. The minimum Gasteiger partial charge on any atom is -0.282 e. The third-order valence-corrected chi connectivity index (χ3v) is 2.87. The molecule has 2 unspecified atom stereocenters. The molecule has 0 N–H and O–H groups in total. The summed E-state index contributed by atoms with van der Waals surface area (Å²) in [5, 5.41) is 0.514. The third kappa shape index (κ3) is 2.42. The predicted molar refractivity (Wildman–Crippen MR) is 57.5 cm³/mol. The zero-order chi connectivity index (χ0) is 7.40. The van der Waals surface area contributed by atoms with E-state index in [1.165, 1.54) is 25.7 Å². The number of rotatable bonds is 1. The Bertz CT molecular complexity index is 127. The van der Waals surface area contributed by atoms with Crippen molar-refractivity contribution in [2.45, 2.75) is 37.0 Å². The Morgan fingerprint density at radius 1 is 1.40 bits per heavy atom. The molecule has 0 radical (unpaired) electrons. The molecule has 0 aromatic heterocycles. The second kappa shape index (κ2) is 4.59. The summed E-state index contributed by atoms with van der Waals surface area (Å²) in [6.07, 6.45) is 5.13. The highest BCUT2D eigenvalue weighted by molar-refractivity contribution is 14.1. The van der Waals surface area contributed by atoms with E-state index < -0.39 is 0 Å². The van der Waals surface area contributed by atoms with Gasteiger partial charge in [-0.3, -0.25) is 4.99 Å². The van der Waals surface area contributed by atoms with Crippen molar-refractivity contribution in [3.8, 4) is 0 Å². The smallest absolute Gasteiger partial charge is 0.0621 e. The highest BCUT2D eigenvalue weighted by Gasteiger charge is 2.19. The number of nitrogens with zero attached hydrogens (tertiary/aromatic N) is 1. The van der Waals surface area contributed by atoms with Crippen LogP contribution in [0, 0.1) is 0 Å². The van der Waals surface area contributed by atoms with Crippen LogP contribution < -0.4 is 0 Å². The van der Waals surface area contributed by atoms with E-state index in [-0.39, 0.29) is 0 Å². The number of halogens is 1. The lowest BCUT2D eigenvalue weighted by Gasteiger charge is -2.23. The maximum absolute atomic E-state index is 4.47. The number of thiol groups is 1. The summed E-state index contributed by atoms with van der Waals surface area (Å²) in [5.74, 6) is 0. The molecule has 1 aliphatic rings. The van der Waals surface area contributed by atoms with Crippen LogP contribution in [-0.4, -0.2) is 15.5 Å². The summed E-state index contributed by atoms with van der Waals surface area (Å²) in [6, 6.07) is 0.494. The van der Waals surface area contributed by atoms with Crippen LogP contribution in [-0.2, 0) is 0 Å². The lowest BCUT2D eigenvalue weighted by molar-refractivity contribution is 0.458. The van der Waals surface area contributed by atoms with Crippen molar-refractivity contribution in [3.05, 3.63) is 0 Å². The molecule has 1 saturated carbocycles. The van der Waals surface area contributed by atoms with E-state index in [1.54, 1.807) is 0 Å². The van der Waals surface area contributed by atoms with E-state index in [9.17, 15) is 0 Å². The van der Waals surface area contributed by atoms with Crippen LogP contribution in [0.5, 0.6) is 0 Å². The van der Waals surface area contributed by atoms with E-state index >= 15 is 0 Å². The van der Waals surface area contributed by atoms with Gasteiger partial charge in [-0.15, -0.1) is 0 Å². The normalized spacial score (nSPS) is 35.0. The van der Waals surface area contributed by atoms with Crippen LogP contribution in [0.25, 0.3) is 0 Å². The molecule has 0 aromatic rings. The highest BCUT2D eigenvalue weighted by atomic mass is 127. The molecule has 1 rings (SSSR count). The van der Waals surface area contributed by atoms with Crippen molar-refractivity contribution < 1.29 is 0 Å². The van der Waals surface area contributed by atoms with Crippen molar-refractivity contribution >= 4 is 39.4 Å². The van der Waals surface area contributed by atoms with Crippen molar-refractivity contribution in [3.63, 3.8) is 0 Å². The van der Waals surface area contributed by atoms with E-state index in [0.29, 0.717) is 11.3 Å². The fraction of sp³-hybridized carbons (Fsp3) is 0.857. The lowest BCUT2D eigenvalue weighted by Crippen LogP contribution is -2.23. The molecule has 0 spiro atoms. The van der Waals surface area contributed by atoms with Crippen LogP contribution in [0.4, 0.5) is 0 Å². The van der Waals surface area contributed by atoms with Crippen molar-refractivity contribution in [2.75, 3.05) is 0 Å². The van der Waals surface area contributed by atoms with Gasteiger partial charge >= 0.3 is 0 Å². The minimum atomic E-state index is 0.494. The van der Waals surface area contributed by atoms with E-state index in [1.807, 2.05) is 4.22 Å². The summed E-state index contributed by atoms with van der Waals surface area (Å²) >= 11 is 6.65. The third-order valence-electron chi connectivity index (χ3n) is 1.94. The summed E-state index contributed by atoms with van der Waals surface area (Å²) in [5.41, 5.74) is 0. The van der Waals surface area contributed by atoms with Gasteiger partial charge in [0.2, 0.25) is 0 Å². The van der Waals surface area contributed by atoms with E-state index in [4.69, 9.17) is 0 Å². The first kappa shape index (κ1) is 8.84. The van der Waals surface area contributed by atoms with Crippen LogP contribution in [0.3, 0.4) is 0 Å². The first-order chi connectivity index (χ1) is 4.84. The monoisotopic (exact) mass is 269 g/mol. The average Bonchev–Trinajstić information content (AvgIpc) is 1.94. The fourth-order valence-electron chi connectivity index (χ4n) is 1.34. The average molecular weight is 269 g/mol. The second-order valence-electron chi connectivity index (χ2n) is 2.67. The molecule has 1 fully saturated rings. The van der Waals surface area contributed by atoms with E-state index in [0.717, 1.165) is 0 Å². The highest BCUT2D eigenvalue weighted by Crippen LogP contribution is 2.24. The maximum Gasteiger partial charge on any atom is 0.0621 e. The largest absolute Gasteiger partial charge is 0.282 e. The quantitative estimate of drug-likeness (QED) is 0.427. The Morgan fingerprint density at radius 2 is 2.10 bits per heavy atom. The van der Waals surface area contributed by atoms with Gasteiger partial charge in [0.05, 0.1) is 10.3 Å². The number of aliphatic imine (C=N–C) groups is 1. The molecule has 3 heteroatoms. The van der Waals surface area contributed by atoms with Crippen LogP contribution in [0.15, 0.2) is 4.99 Å². The standard InChI is InChI=1S/C7H12INS/c8-5-9-6-3-1-2-4-7(6)10/h5-7,10H,1-4H2/b9-5-. The van der Waals surface area contributed by atoms with Gasteiger partial charge in [-0.1, -0.05) is 12.8 Å². The summed E-state index contributed by atoms with van der Waals surface area (Å²) in [6.45, 7) is 0. The van der Waals surface area contributed by atoms with Gasteiger partial charge in [0.25, 0.3) is 0 Å². The summed E-state index contributed by atoms with van der Waals surface area (Å²) in [7, 11) is 0. The molecule has 0 saturated heterocycles. The molecule has 1 nitrogen and oxygen atoms in total. The van der Waals surface area contributed by atoms with Gasteiger partial charge in [0.1, 0.15) is 0 Å². The zero-order valence-corrected chi connectivity index (χ0v) is 8.88. The fourth-order valence-corrected chi connectivity index (χ4v) is 2.16. The predicted octanol–water partition coefficient (Wildman–Crippen LogP) is 2.69. The van der Waals surface area contributed by atoms with Crippen LogP contribution >= 0.6 is 35.2 Å². The Hall–Kier alpha value is 0.750. The van der Waals surface area contributed by atoms with Crippen LogP contribution in [0.2, 0.25) is 0 Å². The first-order valence-corrected chi connectivity index (χ1v) is 5.40. The maximum atomic E-state index is 4.47. The Balaban J connectivity index is 2.39. The Kier molecular flexibility index (Phi) is 4.06. The first-order valence-electron chi connectivity index (χ1n) is 3.64. The molecule has 2 atom stereocenters. The summed E-state index contributed by atoms with van der Waals surface area (Å²) < 4.78 is 1.87. The zero-order valence-electron chi connectivity index (χ0n) is 5.83. The number of hydrogen-bond acceptors (Lipinski definition) is 2. The van der Waals surface area contributed by atoms with Gasteiger partial charge < -0.3 is 0 Å². The van der Waals surface area contributed by atoms with Crippen LogP contribution in [0.1, 0.15) is 25.7 Å². The molecule has 58 valence electrons. The minimum absolute atomic E-state index is 0.494. The molecule has 0 amide bonds. The van der Waals surface area contributed by atoms with Gasteiger partial charge in [-0.05, 0) is 35.4 Å². The van der Waals surface area contributed by atoms with Gasteiger partial charge in [0, 0.05) is 5.25 Å². The molecule has 0 aliphatic heterocycles. The molecule has 0 aromatic carbocycles.